The van der Waals surface area contributed by atoms with Gasteiger partial charge in [-0.05, 0) is 5.56 Å². The molecule has 0 aliphatic carbocycles. The molecule has 17 heavy (non-hydrogen) atoms. The Balaban J connectivity index is 1.79. The Morgan fingerprint density at radius 2 is 1.94 bits per heavy atom. The minimum absolute atomic E-state index is 0.391. The number of hydrogen-bond donors (Lipinski definition) is 2. The van der Waals surface area contributed by atoms with Crippen LogP contribution in [0.25, 0.3) is 0 Å². The van der Waals surface area contributed by atoms with Gasteiger partial charge < -0.3 is 15.1 Å². The second-order valence-electron chi connectivity index (χ2n) is 4.53. The lowest BCUT2D eigenvalue weighted by molar-refractivity contribution is 0.568. The number of furan rings is 1. The number of fused-ring (bicyclic) bond motifs is 1. The first-order valence-electron chi connectivity index (χ1n) is 5.96. The Bertz CT molecular complexity index is 492. The van der Waals surface area contributed by atoms with Gasteiger partial charge in [0.15, 0.2) is 0 Å². The molecule has 0 saturated heterocycles. The number of nitrogens with one attached hydrogen (secondary N) is 2. The van der Waals surface area contributed by atoms with Crippen molar-refractivity contribution < 1.29 is 4.42 Å². The van der Waals surface area contributed by atoms with Gasteiger partial charge in [0, 0.05) is 12.5 Å². The van der Waals surface area contributed by atoms with Crippen LogP contribution < -0.4 is 10.6 Å². The van der Waals surface area contributed by atoms with Gasteiger partial charge in [-0.2, -0.15) is 0 Å². The highest BCUT2D eigenvalue weighted by molar-refractivity contribution is 5.69. The van der Waals surface area contributed by atoms with Gasteiger partial charge in [-0.15, -0.1) is 0 Å². The second-order valence-corrected chi connectivity index (χ2v) is 4.53. The topological polar surface area (TPSA) is 37.2 Å². The summed E-state index contributed by atoms with van der Waals surface area (Å²) in [5, 5.41) is 6.91. The van der Waals surface area contributed by atoms with E-state index in [4.69, 9.17) is 4.42 Å². The summed E-state index contributed by atoms with van der Waals surface area (Å²) in [6, 6.07) is 11.0. The van der Waals surface area contributed by atoms with Crippen LogP contribution >= 0.6 is 0 Å². The largest absolute Gasteiger partial charge is 0.468 e. The highest BCUT2D eigenvalue weighted by Crippen LogP contribution is 2.31. The van der Waals surface area contributed by atoms with Crippen molar-refractivity contribution in [3.8, 4) is 0 Å². The lowest BCUT2D eigenvalue weighted by Crippen LogP contribution is -2.36. The zero-order valence-electron chi connectivity index (χ0n) is 9.81. The maximum absolute atomic E-state index is 5.18. The SMILES string of the molecule is CC(c1ccccc1)C1CNc2cocc2N1. The molecular formula is C14H16N2O. The summed E-state index contributed by atoms with van der Waals surface area (Å²) in [5.41, 5.74) is 3.48. The average Bonchev–Trinajstić information content (AvgIpc) is 2.86. The molecule has 3 heteroatoms. The fourth-order valence-corrected chi connectivity index (χ4v) is 2.31. The van der Waals surface area contributed by atoms with E-state index in [1.165, 1.54) is 5.56 Å². The van der Waals surface area contributed by atoms with E-state index >= 15 is 0 Å². The summed E-state index contributed by atoms with van der Waals surface area (Å²) < 4.78 is 5.18. The first kappa shape index (κ1) is 10.3. The van der Waals surface area contributed by atoms with Crippen molar-refractivity contribution in [1.29, 1.82) is 0 Å². The molecular weight excluding hydrogens is 212 g/mol. The number of benzene rings is 1. The van der Waals surface area contributed by atoms with E-state index in [2.05, 4.69) is 47.9 Å². The van der Waals surface area contributed by atoms with E-state index in [1.807, 2.05) is 0 Å². The summed E-state index contributed by atoms with van der Waals surface area (Å²) in [4.78, 5) is 0. The minimum atomic E-state index is 0.391. The average molecular weight is 228 g/mol. The predicted molar refractivity (Wildman–Crippen MR) is 69.5 cm³/mol. The Hall–Kier alpha value is -1.90. The van der Waals surface area contributed by atoms with Gasteiger partial charge in [-0.3, -0.25) is 0 Å². The third-order valence-electron chi connectivity index (χ3n) is 3.44. The molecule has 88 valence electrons. The Morgan fingerprint density at radius 3 is 2.76 bits per heavy atom. The van der Waals surface area contributed by atoms with Crippen molar-refractivity contribution in [1.82, 2.24) is 0 Å². The molecule has 2 atom stereocenters. The number of rotatable bonds is 2. The van der Waals surface area contributed by atoms with E-state index in [9.17, 15) is 0 Å². The van der Waals surface area contributed by atoms with Crippen LogP contribution in [-0.4, -0.2) is 12.6 Å². The molecule has 1 aliphatic rings. The molecule has 2 aromatic rings. The summed E-state index contributed by atoms with van der Waals surface area (Å²) in [5.74, 6) is 0.465. The normalized spacial score (nSPS) is 19.9. The van der Waals surface area contributed by atoms with E-state index in [0.717, 1.165) is 17.9 Å². The minimum Gasteiger partial charge on any atom is -0.468 e. The summed E-state index contributed by atoms with van der Waals surface area (Å²) in [6.45, 7) is 3.17. The highest BCUT2D eigenvalue weighted by atomic mass is 16.3. The Kier molecular flexibility index (Phi) is 2.52. The lowest BCUT2D eigenvalue weighted by atomic mass is 9.92. The molecule has 1 aromatic heterocycles. The molecule has 2 N–H and O–H groups in total. The van der Waals surface area contributed by atoms with Crippen LogP contribution in [0, 0.1) is 0 Å². The molecule has 1 aliphatic heterocycles. The third kappa shape index (κ3) is 1.88. The van der Waals surface area contributed by atoms with Crippen molar-refractivity contribution in [3.05, 3.63) is 48.4 Å². The molecule has 1 aromatic carbocycles. The predicted octanol–water partition coefficient (Wildman–Crippen LogP) is 3.29. The molecule has 0 fully saturated rings. The van der Waals surface area contributed by atoms with Gasteiger partial charge in [0.05, 0.1) is 17.4 Å². The van der Waals surface area contributed by atoms with Crippen LogP contribution in [0.3, 0.4) is 0 Å². The monoisotopic (exact) mass is 228 g/mol. The summed E-state index contributed by atoms with van der Waals surface area (Å²) >= 11 is 0. The molecule has 0 saturated carbocycles. The Morgan fingerprint density at radius 1 is 1.18 bits per heavy atom. The van der Waals surface area contributed by atoms with E-state index in [-0.39, 0.29) is 0 Å². The highest BCUT2D eigenvalue weighted by Gasteiger charge is 2.24. The second kappa shape index (κ2) is 4.17. The fraction of sp³-hybridized carbons (Fsp3) is 0.286. The molecule has 0 bridgehead atoms. The molecule has 2 heterocycles. The maximum atomic E-state index is 5.18. The molecule has 3 nitrogen and oxygen atoms in total. The van der Waals surface area contributed by atoms with Gasteiger partial charge in [-0.25, -0.2) is 0 Å². The van der Waals surface area contributed by atoms with Gasteiger partial charge in [0.25, 0.3) is 0 Å². The van der Waals surface area contributed by atoms with Crippen molar-refractivity contribution in [2.75, 3.05) is 17.2 Å². The van der Waals surface area contributed by atoms with Crippen molar-refractivity contribution >= 4 is 11.4 Å². The Labute approximate surface area is 101 Å². The van der Waals surface area contributed by atoms with Crippen molar-refractivity contribution in [3.63, 3.8) is 0 Å². The van der Waals surface area contributed by atoms with Gasteiger partial charge in [0.2, 0.25) is 0 Å². The fourth-order valence-electron chi connectivity index (χ4n) is 2.31. The first-order chi connectivity index (χ1) is 8.34. The van der Waals surface area contributed by atoms with Crippen LogP contribution in [0.4, 0.5) is 11.4 Å². The summed E-state index contributed by atoms with van der Waals surface area (Å²) in [6.07, 6.45) is 3.50. The smallest absolute Gasteiger partial charge is 0.116 e. The van der Waals surface area contributed by atoms with E-state index in [1.54, 1.807) is 12.5 Å². The van der Waals surface area contributed by atoms with Gasteiger partial charge >= 0.3 is 0 Å². The molecule has 0 radical (unpaired) electrons. The van der Waals surface area contributed by atoms with Crippen LogP contribution in [0.5, 0.6) is 0 Å². The zero-order chi connectivity index (χ0) is 11.7. The van der Waals surface area contributed by atoms with E-state index < -0.39 is 0 Å². The third-order valence-corrected chi connectivity index (χ3v) is 3.44. The standard InChI is InChI=1S/C14H16N2O/c1-10(11-5-3-2-4-6-11)12-7-15-13-8-17-9-14(13)16-12/h2-6,8-10,12,15-16H,7H2,1H3. The molecule has 0 spiro atoms. The van der Waals surface area contributed by atoms with Crippen LogP contribution in [0.1, 0.15) is 18.4 Å². The van der Waals surface area contributed by atoms with Gasteiger partial charge in [0.1, 0.15) is 12.5 Å². The van der Waals surface area contributed by atoms with Crippen LogP contribution in [0.15, 0.2) is 47.3 Å². The maximum Gasteiger partial charge on any atom is 0.116 e. The number of hydrogen-bond acceptors (Lipinski definition) is 3. The van der Waals surface area contributed by atoms with Gasteiger partial charge in [-0.1, -0.05) is 37.3 Å². The summed E-state index contributed by atoms with van der Waals surface area (Å²) in [7, 11) is 0. The van der Waals surface area contributed by atoms with Crippen LogP contribution in [0.2, 0.25) is 0 Å². The molecule has 0 amide bonds. The van der Waals surface area contributed by atoms with Crippen molar-refractivity contribution in [2.45, 2.75) is 18.9 Å². The van der Waals surface area contributed by atoms with E-state index in [0.29, 0.717) is 12.0 Å². The first-order valence-corrected chi connectivity index (χ1v) is 5.96. The zero-order valence-corrected chi connectivity index (χ0v) is 9.81. The van der Waals surface area contributed by atoms with Crippen LogP contribution in [-0.2, 0) is 0 Å². The van der Waals surface area contributed by atoms with Crippen molar-refractivity contribution in [2.24, 2.45) is 0 Å². The molecule has 3 rings (SSSR count). The molecule has 2 unspecified atom stereocenters. The quantitative estimate of drug-likeness (QED) is 0.828. The lowest BCUT2D eigenvalue weighted by Gasteiger charge is -2.30. The number of anilines is 2.